The van der Waals surface area contributed by atoms with Crippen molar-refractivity contribution in [2.75, 3.05) is 4.90 Å². The fourth-order valence-electron chi connectivity index (χ4n) is 6.38. The first-order valence-corrected chi connectivity index (χ1v) is 16.2. The van der Waals surface area contributed by atoms with E-state index in [2.05, 4.69) is 126 Å². The van der Waals surface area contributed by atoms with Gasteiger partial charge in [-0.15, -0.1) is 22.7 Å². The summed E-state index contributed by atoms with van der Waals surface area (Å²) in [5, 5.41) is 7.71. The van der Waals surface area contributed by atoms with Crippen LogP contribution in [0.2, 0.25) is 0 Å². The lowest BCUT2D eigenvalue weighted by Crippen LogP contribution is -2.09. The molecule has 0 saturated heterocycles. The van der Waals surface area contributed by atoms with E-state index in [0.717, 1.165) is 28.2 Å². The van der Waals surface area contributed by atoms with Gasteiger partial charge in [0.1, 0.15) is 5.82 Å². The van der Waals surface area contributed by atoms with E-state index in [0.29, 0.717) is 0 Å². The zero-order valence-electron chi connectivity index (χ0n) is 23.5. The summed E-state index contributed by atoms with van der Waals surface area (Å²) in [5.74, 6) is -0.225. The van der Waals surface area contributed by atoms with Gasteiger partial charge in [-0.3, -0.25) is 0 Å². The number of benzene rings is 7. The van der Waals surface area contributed by atoms with Gasteiger partial charge in [0.2, 0.25) is 0 Å². The summed E-state index contributed by atoms with van der Waals surface area (Å²) < 4.78 is 18.8. The Hall–Kier alpha value is -5.03. The van der Waals surface area contributed by atoms with Crippen molar-refractivity contribution in [3.8, 4) is 11.1 Å². The normalized spacial score (nSPS) is 11.8. The van der Waals surface area contributed by atoms with Gasteiger partial charge < -0.3 is 4.90 Å². The van der Waals surface area contributed by atoms with E-state index in [-0.39, 0.29) is 5.82 Å². The van der Waals surface area contributed by atoms with Gasteiger partial charge in [0, 0.05) is 57.4 Å². The summed E-state index contributed by atoms with van der Waals surface area (Å²) in [6.45, 7) is 0. The molecular weight excluding hydrogens is 578 g/mol. The number of halogens is 1. The predicted octanol–water partition coefficient (Wildman–Crippen LogP) is 12.9. The number of nitrogens with zero attached hydrogens (tertiary/aromatic N) is 1. The van der Waals surface area contributed by atoms with Crippen LogP contribution in [0.1, 0.15) is 0 Å². The van der Waals surface area contributed by atoms with Crippen molar-refractivity contribution < 1.29 is 4.39 Å². The quantitative estimate of drug-likeness (QED) is 0.194. The van der Waals surface area contributed by atoms with Crippen LogP contribution in [0.25, 0.3) is 62.2 Å². The van der Waals surface area contributed by atoms with Crippen LogP contribution >= 0.6 is 22.7 Å². The maximum atomic E-state index is 13.6. The van der Waals surface area contributed by atoms with E-state index in [4.69, 9.17) is 0 Å². The molecule has 0 amide bonds. The first-order chi connectivity index (χ1) is 21.7. The topological polar surface area (TPSA) is 3.24 Å². The van der Waals surface area contributed by atoms with Crippen molar-refractivity contribution in [3.63, 3.8) is 0 Å². The third-order valence-electron chi connectivity index (χ3n) is 8.53. The number of rotatable bonds is 4. The second-order valence-corrected chi connectivity index (χ2v) is 13.2. The van der Waals surface area contributed by atoms with Crippen LogP contribution in [0.4, 0.5) is 21.5 Å². The molecule has 2 aromatic heterocycles. The molecule has 0 radical (unpaired) electrons. The highest BCUT2D eigenvalue weighted by molar-refractivity contribution is 7.26. The zero-order chi connectivity index (χ0) is 29.2. The molecule has 0 aliphatic heterocycles. The lowest BCUT2D eigenvalue weighted by atomic mass is 10.0. The minimum Gasteiger partial charge on any atom is -0.310 e. The molecule has 0 N–H and O–H groups in total. The van der Waals surface area contributed by atoms with E-state index >= 15 is 0 Å². The fourth-order valence-corrected chi connectivity index (χ4v) is 8.74. The van der Waals surface area contributed by atoms with Gasteiger partial charge in [-0.05, 0) is 82.6 Å². The van der Waals surface area contributed by atoms with Gasteiger partial charge in [-0.1, -0.05) is 84.9 Å². The maximum Gasteiger partial charge on any atom is 0.123 e. The molecule has 1 nitrogen and oxygen atoms in total. The van der Waals surface area contributed by atoms with Gasteiger partial charge in [-0.25, -0.2) is 4.39 Å². The van der Waals surface area contributed by atoms with Crippen LogP contribution in [-0.2, 0) is 0 Å². The van der Waals surface area contributed by atoms with Crippen LogP contribution in [0.15, 0.2) is 146 Å². The van der Waals surface area contributed by atoms with Crippen LogP contribution < -0.4 is 4.90 Å². The molecule has 0 unspecified atom stereocenters. The summed E-state index contributed by atoms with van der Waals surface area (Å²) in [6, 6.07) is 50.7. The Balaban J connectivity index is 1.23. The summed E-state index contributed by atoms with van der Waals surface area (Å²) in [4.78, 5) is 2.35. The molecule has 0 atom stereocenters. The summed E-state index contributed by atoms with van der Waals surface area (Å²) in [6.07, 6.45) is 0. The van der Waals surface area contributed by atoms with E-state index < -0.39 is 0 Å². The molecule has 44 heavy (non-hydrogen) atoms. The number of hydrogen-bond acceptors (Lipinski definition) is 3. The predicted molar refractivity (Wildman–Crippen MR) is 190 cm³/mol. The van der Waals surface area contributed by atoms with E-state index in [9.17, 15) is 4.39 Å². The first kappa shape index (κ1) is 25.5. The Morgan fingerprint density at radius 1 is 0.409 bits per heavy atom. The Kier molecular flexibility index (Phi) is 5.80. The monoisotopic (exact) mass is 601 g/mol. The maximum absolute atomic E-state index is 13.6. The molecule has 0 aliphatic carbocycles. The Bertz CT molecular complexity index is 2510. The molecule has 0 fully saturated rings. The lowest BCUT2D eigenvalue weighted by Gasteiger charge is -2.26. The van der Waals surface area contributed by atoms with E-state index in [1.165, 1.54) is 63.2 Å². The highest BCUT2D eigenvalue weighted by atomic mass is 32.1. The SMILES string of the molecule is Fc1ccc(-c2ccc(N(c3ccc4c(c3)sc3ccccc34)c3ccc4sc5c6ccccc6ccc5c4c3)cc2)cc1. The molecule has 9 rings (SSSR count). The minimum absolute atomic E-state index is 0.225. The Morgan fingerprint density at radius 2 is 1.02 bits per heavy atom. The molecule has 7 aromatic carbocycles. The summed E-state index contributed by atoms with van der Waals surface area (Å²) in [7, 11) is 0. The Morgan fingerprint density at radius 3 is 1.86 bits per heavy atom. The zero-order valence-corrected chi connectivity index (χ0v) is 25.1. The van der Waals surface area contributed by atoms with Gasteiger partial charge in [-0.2, -0.15) is 0 Å². The van der Waals surface area contributed by atoms with Crippen molar-refractivity contribution in [3.05, 3.63) is 151 Å². The number of hydrogen-bond donors (Lipinski definition) is 0. The molecule has 0 saturated carbocycles. The second-order valence-electron chi connectivity index (χ2n) is 11.1. The minimum atomic E-state index is -0.225. The highest BCUT2D eigenvalue weighted by Gasteiger charge is 2.17. The van der Waals surface area contributed by atoms with Crippen molar-refractivity contribution in [1.29, 1.82) is 0 Å². The van der Waals surface area contributed by atoms with Crippen molar-refractivity contribution in [1.82, 2.24) is 0 Å². The molecular formula is C40H24FNS2. The van der Waals surface area contributed by atoms with Gasteiger partial charge in [0.05, 0.1) is 0 Å². The molecule has 0 bridgehead atoms. The van der Waals surface area contributed by atoms with Crippen LogP contribution in [0.3, 0.4) is 0 Å². The number of fused-ring (bicyclic) bond motifs is 8. The molecule has 208 valence electrons. The van der Waals surface area contributed by atoms with Crippen molar-refractivity contribution >= 4 is 90.9 Å². The third kappa shape index (κ3) is 4.10. The molecule has 0 spiro atoms. The molecule has 2 heterocycles. The average Bonchev–Trinajstić information content (AvgIpc) is 3.64. The molecule has 0 aliphatic rings. The molecule has 9 aromatic rings. The third-order valence-corrected chi connectivity index (χ3v) is 10.9. The van der Waals surface area contributed by atoms with Crippen molar-refractivity contribution in [2.45, 2.75) is 0 Å². The smallest absolute Gasteiger partial charge is 0.123 e. The standard InChI is InChI=1S/C40H24FNS2/c41-28-14-9-25(10-15-28)26-11-16-29(17-12-26)42(31-18-21-34-33-7-3-4-8-37(33)43-39(34)24-31)30-19-22-38-36(23-30)35-20-13-27-5-1-2-6-32(27)40(35)44-38/h1-24H. The van der Waals surface area contributed by atoms with Crippen molar-refractivity contribution in [2.24, 2.45) is 0 Å². The first-order valence-electron chi connectivity index (χ1n) is 14.6. The highest BCUT2D eigenvalue weighted by Crippen LogP contribution is 2.44. The number of anilines is 3. The van der Waals surface area contributed by atoms with E-state index in [1.807, 2.05) is 34.8 Å². The van der Waals surface area contributed by atoms with Crippen LogP contribution in [0, 0.1) is 5.82 Å². The van der Waals surface area contributed by atoms with Crippen LogP contribution in [0.5, 0.6) is 0 Å². The summed E-state index contributed by atoms with van der Waals surface area (Å²) in [5.41, 5.74) is 5.35. The molecule has 4 heteroatoms. The van der Waals surface area contributed by atoms with E-state index in [1.54, 1.807) is 0 Å². The second kappa shape index (κ2) is 10.0. The summed E-state index contributed by atoms with van der Waals surface area (Å²) >= 11 is 3.70. The van der Waals surface area contributed by atoms with Gasteiger partial charge in [0.25, 0.3) is 0 Å². The van der Waals surface area contributed by atoms with Crippen LogP contribution in [-0.4, -0.2) is 0 Å². The Labute approximate surface area is 261 Å². The average molecular weight is 602 g/mol. The number of thiophene rings is 2. The largest absolute Gasteiger partial charge is 0.310 e. The van der Waals surface area contributed by atoms with Gasteiger partial charge >= 0.3 is 0 Å². The lowest BCUT2D eigenvalue weighted by molar-refractivity contribution is 0.628. The van der Waals surface area contributed by atoms with Gasteiger partial charge in [0.15, 0.2) is 0 Å². The fraction of sp³-hybridized carbons (Fsp3) is 0.